The normalized spacial score (nSPS) is 13.7. The van der Waals surface area contributed by atoms with Gasteiger partial charge >= 0.3 is 6.09 Å². The van der Waals surface area contributed by atoms with Gasteiger partial charge in [0, 0.05) is 28.7 Å². The number of ether oxygens (including phenoxy) is 2. The van der Waals surface area contributed by atoms with Gasteiger partial charge in [-0.15, -0.1) is 0 Å². The molecule has 0 spiro atoms. The van der Waals surface area contributed by atoms with Crippen molar-refractivity contribution >= 4 is 22.7 Å². The summed E-state index contributed by atoms with van der Waals surface area (Å²) in [6.45, 7) is 8.28. The van der Waals surface area contributed by atoms with Gasteiger partial charge in [0.05, 0.1) is 35.7 Å². The van der Waals surface area contributed by atoms with Crippen molar-refractivity contribution < 1.29 is 18.8 Å². The number of aryl methyl sites for hydroxylation is 1. The minimum Gasteiger partial charge on any atom is -0.494 e. The van der Waals surface area contributed by atoms with Gasteiger partial charge in [-0.1, -0.05) is 17.3 Å². The monoisotopic (exact) mass is 473 g/mol. The van der Waals surface area contributed by atoms with E-state index >= 15 is 0 Å². The second kappa shape index (κ2) is 9.49. The predicted molar refractivity (Wildman–Crippen MR) is 137 cm³/mol. The van der Waals surface area contributed by atoms with Crippen LogP contribution in [0.25, 0.3) is 33.5 Å². The van der Waals surface area contributed by atoms with E-state index in [1.807, 2.05) is 58.0 Å². The molecule has 2 aromatic carbocycles. The number of aromatic nitrogens is 2. The smallest absolute Gasteiger partial charge is 0.411 e. The van der Waals surface area contributed by atoms with Gasteiger partial charge in [0.1, 0.15) is 5.75 Å². The predicted octanol–water partition coefficient (Wildman–Crippen LogP) is 7.35. The maximum Gasteiger partial charge on any atom is 0.411 e. The number of rotatable bonds is 7. The number of benzene rings is 2. The lowest BCUT2D eigenvalue weighted by Gasteiger charge is -2.30. The first-order chi connectivity index (χ1) is 17.0. The summed E-state index contributed by atoms with van der Waals surface area (Å²) in [5.41, 5.74) is 5.97. The Labute approximate surface area is 205 Å². The van der Waals surface area contributed by atoms with E-state index in [0.29, 0.717) is 18.3 Å². The number of nitrogens with zero attached hydrogens (tertiary/aromatic N) is 2. The van der Waals surface area contributed by atoms with Crippen molar-refractivity contribution in [3.8, 4) is 28.3 Å². The lowest BCUT2D eigenvalue weighted by Crippen LogP contribution is -2.18. The first-order valence-electron chi connectivity index (χ1n) is 12.3. The lowest BCUT2D eigenvalue weighted by molar-refractivity contribution is 0.130. The summed E-state index contributed by atoms with van der Waals surface area (Å²) in [5, 5.41) is 7.98. The van der Waals surface area contributed by atoms with E-state index in [1.54, 1.807) is 6.20 Å². The minimum atomic E-state index is -0.460. The first-order valence-corrected chi connectivity index (χ1v) is 12.3. The van der Waals surface area contributed by atoms with Crippen molar-refractivity contribution in [2.45, 2.75) is 59.1 Å². The number of hydrogen-bond acceptors (Lipinski definition) is 5. The van der Waals surface area contributed by atoms with Gasteiger partial charge in [0.2, 0.25) is 0 Å². The Morgan fingerprint density at radius 1 is 1.20 bits per heavy atom. The summed E-state index contributed by atoms with van der Waals surface area (Å²) in [6, 6.07) is 14.6. The standard InChI is InChI=1S/C28H31N3O4/c1-5-33-22-13-14-23-24(15-22)31(21-7-6-8-21)26(25(23)27-18(4)16-29-35-27)19-9-11-20(12-10-19)30-28(32)34-17(2)3/h9-17,21H,5-8H2,1-4H3,(H,30,32). The van der Waals surface area contributed by atoms with Gasteiger partial charge in [-0.05, 0) is 76.8 Å². The summed E-state index contributed by atoms with van der Waals surface area (Å²) in [6.07, 6.45) is 4.59. The molecule has 2 aromatic heterocycles. The van der Waals surface area contributed by atoms with Gasteiger partial charge in [-0.2, -0.15) is 0 Å². The second-order valence-electron chi connectivity index (χ2n) is 9.28. The van der Waals surface area contributed by atoms with Gasteiger partial charge in [-0.3, -0.25) is 5.32 Å². The summed E-state index contributed by atoms with van der Waals surface area (Å²) in [4.78, 5) is 12.0. The highest BCUT2D eigenvalue weighted by atomic mass is 16.6. The quantitative estimate of drug-likeness (QED) is 0.303. The van der Waals surface area contributed by atoms with E-state index in [-0.39, 0.29) is 6.10 Å². The molecule has 1 saturated carbocycles. The fourth-order valence-corrected chi connectivity index (χ4v) is 4.69. The molecular weight excluding hydrogens is 442 g/mol. The Balaban J connectivity index is 1.67. The number of hydrogen-bond donors (Lipinski definition) is 1. The molecule has 7 heteroatoms. The molecule has 4 aromatic rings. The van der Waals surface area contributed by atoms with Crippen LogP contribution in [-0.2, 0) is 4.74 Å². The van der Waals surface area contributed by atoms with Crippen LogP contribution in [-0.4, -0.2) is 28.5 Å². The number of carbonyl (C=O) groups excluding carboxylic acids is 1. The van der Waals surface area contributed by atoms with E-state index in [4.69, 9.17) is 14.0 Å². The van der Waals surface area contributed by atoms with Gasteiger partial charge < -0.3 is 18.6 Å². The van der Waals surface area contributed by atoms with Crippen molar-refractivity contribution in [2.75, 3.05) is 11.9 Å². The lowest BCUT2D eigenvalue weighted by atomic mass is 9.92. The highest BCUT2D eigenvalue weighted by Gasteiger charge is 2.30. The van der Waals surface area contributed by atoms with Crippen LogP contribution in [0.3, 0.4) is 0 Å². The topological polar surface area (TPSA) is 78.5 Å². The number of anilines is 1. The van der Waals surface area contributed by atoms with E-state index in [2.05, 4.69) is 27.2 Å². The highest BCUT2D eigenvalue weighted by molar-refractivity contribution is 6.04. The summed E-state index contributed by atoms with van der Waals surface area (Å²) in [5.74, 6) is 1.63. The minimum absolute atomic E-state index is 0.179. The van der Waals surface area contributed by atoms with Gasteiger partial charge in [0.15, 0.2) is 5.76 Å². The van der Waals surface area contributed by atoms with Crippen molar-refractivity contribution in [2.24, 2.45) is 0 Å². The number of nitrogens with one attached hydrogen (secondary N) is 1. The largest absolute Gasteiger partial charge is 0.494 e. The van der Waals surface area contributed by atoms with E-state index in [9.17, 15) is 4.79 Å². The van der Waals surface area contributed by atoms with Crippen molar-refractivity contribution in [1.82, 2.24) is 9.72 Å². The van der Waals surface area contributed by atoms with Crippen molar-refractivity contribution in [3.05, 3.63) is 54.2 Å². The number of carbonyl (C=O) groups is 1. The molecule has 182 valence electrons. The van der Waals surface area contributed by atoms with Crippen molar-refractivity contribution in [3.63, 3.8) is 0 Å². The number of amides is 1. The SMILES string of the molecule is CCOc1ccc2c(-c3oncc3C)c(-c3ccc(NC(=O)OC(C)C)cc3)n(C3CCC3)c2c1. The molecule has 5 rings (SSSR count). The Morgan fingerprint density at radius 3 is 2.57 bits per heavy atom. The summed E-state index contributed by atoms with van der Waals surface area (Å²) >= 11 is 0. The van der Waals surface area contributed by atoms with Crippen LogP contribution < -0.4 is 10.1 Å². The van der Waals surface area contributed by atoms with Crippen LogP contribution in [0.15, 0.2) is 53.2 Å². The first kappa shape index (κ1) is 23.0. The molecule has 7 nitrogen and oxygen atoms in total. The molecule has 0 unspecified atom stereocenters. The zero-order chi connectivity index (χ0) is 24.5. The fourth-order valence-electron chi connectivity index (χ4n) is 4.69. The Morgan fingerprint density at radius 2 is 1.97 bits per heavy atom. The molecule has 1 N–H and O–H groups in total. The van der Waals surface area contributed by atoms with Gasteiger partial charge in [0.25, 0.3) is 0 Å². The molecule has 1 aliphatic rings. The van der Waals surface area contributed by atoms with E-state index < -0.39 is 6.09 Å². The third-order valence-electron chi connectivity index (χ3n) is 6.45. The Hall–Kier alpha value is -3.74. The molecule has 1 fully saturated rings. The van der Waals surface area contributed by atoms with E-state index in [0.717, 1.165) is 57.6 Å². The zero-order valence-corrected chi connectivity index (χ0v) is 20.6. The Bertz CT molecular complexity index is 1350. The molecular formula is C28H31N3O4. The maximum absolute atomic E-state index is 12.0. The molecule has 35 heavy (non-hydrogen) atoms. The maximum atomic E-state index is 12.0. The zero-order valence-electron chi connectivity index (χ0n) is 20.6. The fraction of sp³-hybridized carbons (Fsp3) is 0.357. The molecule has 1 aliphatic carbocycles. The molecule has 1 amide bonds. The molecule has 2 heterocycles. The van der Waals surface area contributed by atoms with Gasteiger partial charge in [-0.25, -0.2) is 4.79 Å². The van der Waals surface area contributed by atoms with Crippen LogP contribution in [0, 0.1) is 6.92 Å². The van der Waals surface area contributed by atoms with E-state index in [1.165, 1.54) is 6.42 Å². The van der Waals surface area contributed by atoms with Crippen LogP contribution in [0.1, 0.15) is 51.6 Å². The average molecular weight is 474 g/mol. The van der Waals surface area contributed by atoms with Crippen LogP contribution in [0.4, 0.5) is 10.5 Å². The summed E-state index contributed by atoms with van der Waals surface area (Å²) in [7, 11) is 0. The van der Waals surface area contributed by atoms with Crippen molar-refractivity contribution in [1.29, 1.82) is 0 Å². The molecule has 0 bridgehead atoms. The third kappa shape index (κ3) is 4.38. The summed E-state index contributed by atoms with van der Waals surface area (Å²) < 4.78 is 19.3. The molecule has 0 aliphatic heterocycles. The second-order valence-corrected chi connectivity index (χ2v) is 9.28. The average Bonchev–Trinajstić information content (AvgIpc) is 3.34. The Kier molecular flexibility index (Phi) is 6.24. The number of fused-ring (bicyclic) bond motifs is 1. The molecule has 0 saturated heterocycles. The highest BCUT2D eigenvalue weighted by Crippen LogP contribution is 2.48. The van der Waals surface area contributed by atoms with Crippen LogP contribution in [0.5, 0.6) is 5.75 Å². The van der Waals surface area contributed by atoms with Crippen LogP contribution in [0.2, 0.25) is 0 Å². The molecule has 0 radical (unpaired) electrons. The molecule has 0 atom stereocenters. The third-order valence-corrected chi connectivity index (χ3v) is 6.45. The van der Waals surface area contributed by atoms with Crippen LogP contribution >= 0.6 is 0 Å².